The van der Waals surface area contributed by atoms with Gasteiger partial charge in [0.1, 0.15) is 4.90 Å². The van der Waals surface area contributed by atoms with E-state index in [1.165, 1.54) is 24.2 Å². The molecule has 2 aromatic rings. The Bertz CT molecular complexity index is 828. The number of sulfonamides is 1. The van der Waals surface area contributed by atoms with Gasteiger partial charge in [0.25, 0.3) is 10.0 Å². The van der Waals surface area contributed by atoms with Crippen molar-refractivity contribution in [2.75, 3.05) is 6.54 Å². The molecule has 1 aromatic carbocycles. The third-order valence-corrected chi connectivity index (χ3v) is 5.61. The van der Waals surface area contributed by atoms with Crippen LogP contribution < -0.4 is 10.0 Å². The molecule has 9 heteroatoms. The quantitative estimate of drug-likeness (QED) is 0.796. The number of aromatic nitrogens is 1. The van der Waals surface area contributed by atoms with Crippen LogP contribution in [0.25, 0.3) is 0 Å². The highest BCUT2D eigenvalue weighted by Crippen LogP contribution is 2.33. The zero-order valence-corrected chi connectivity index (χ0v) is 15.2. The Morgan fingerprint density at radius 2 is 2.12 bits per heavy atom. The number of nitrogens with zero attached hydrogens (tertiary/aromatic N) is 1. The summed E-state index contributed by atoms with van der Waals surface area (Å²) >= 11 is 7.17. The number of carbonyl (C=O) groups is 1. The fourth-order valence-corrected chi connectivity index (χ4v) is 4.30. The van der Waals surface area contributed by atoms with Gasteiger partial charge in [-0.25, -0.2) is 17.9 Å². The summed E-state index contributed by atoms with van der Waals surface area (Å²) in [4.78, 5) is 16.7. The van der Waals surface area contributed by atoms with Gasteiger partial charge >= 0.3 is 6.03 Å². The van der Waals surface area contributed by atoms with Gasteiger partial charge in [-0.2, -0.15) is 0 Å². The topological polar surface area (TPSA) is 88.2 Å². The van der Waals surface area contributed by atoms with E-state index in [1.54, 1.807) is 24.3 Å². The Balaban J connectivity index is 2.26. The van der Waals surface area contributed by atoms with Crippen LogP contribution in [0, 0.1) is 0 Å². The lowest BCUT2D eigenvalue weighted by Crippen LogP contribution is -2.39. The van der Waals surface area contributed by atoms with Gasteiger partial charge in [0.15, 0.2) is 0 Å². The molecule has 2 amide bonds. The van der Waals surface area contributed by atoms with Gasteiger partial charge in [0, 0.05) is 33.8 Å². The average Bonchev–Trinajstić information content (AvgIpc) is 2.53. The molecular formula is C15H16ClN3O3S2. The van der Waals surface area contributed by atoms with E-state index >= 15 is 0 Å². The minimum absolute atomic E-state index is 0.0679. The van der Waals surface area contributed by atoms with Crippen molar-refractivity contribution in [3.63, 3.8) is 0 Å². The Morgan fingerprint density at radius 3 is 2.83 bits per heavy atom. The lowest BCUT2D eigenvalue weighted by molar-refractivity contribution is 0.246. The molecular weight excluding hydrogens is 370 g/mol. The highest BCUT2D eigenvalue weighted by Gasteiger charge is 2.22. The van der Waals surface area contributed by atoms with Gasteiger partial charge in [0.05, 0.1) is 0 Å². The molecule has 0 saturated carbocycles. The largest absolute Gasteiger partial charge is 0.337 e. The molecule has 0 radical (unpaired) electrons. The summed E-state index contributed by atoms with van der Waals surface area (Å²) in [6.45, 7) is 2.26. The van der Waals surface area contributed by atoms with Crippen LogP contribution in [0.4, 0.5) is 4.79 Å². The van der Waals surface area contributed by atoms with Gasteiger partial charge in [-0.1, -0.05) is 36.4 Å². The Hall–Kier alpha value is -1.77. The highest BCUT2D eigenvalue weighted by molar-refractivity contribution is 8.00. The molecule has 0 fully saturated rings. The van der Waals surface area contributed by atoms with Crippen molar-refractivity contribution in [1.29, 1.82) is 0 Å². The summed E-state index contributed by atoms with van der Waals surface area (Å²) in [6, 6.07) is 7.86. The fourth-order valence-electron chi connectivity index (χ4n) is 1.76. The number of nitrogens with one attached hydrogen (secondary N) is 2. The van der Waals surface area contributed by atoms with E-state index in [2.05, 4.69) is 10.3 Å². The summed E-state index contributed by atoms with van der Waals surface area (Å²) in [7, 11) is -4.03. The van der Waals surface area contributed by atoms with Crippen molar-refractivity contribution >= 4 is 39.4 Å². The first-order valence-electron chi connectivity index (χ1n) is 7.10. The number of urea groups is 1. The molecule has 0 aliphatic carbocycles. The van der Waals surface area contributed by atoms with Crippen LogP contribution in [0.1, 0.15) is 13.3 Å². The third kappa shape index (κ3) is 5.12. The molecule has 128 valence electrons. The summed E-state index contributed by atoms with van der Waals surface area (Å²) in [5, 5.41) is 3.01. The van der Waals surface area contributed by atoms with Crippen molar-refractivity contribution in [2.24, 2.45) is 0 Å². The lowest BCUT2D eigenvalue weighted by atomic mass is 10.4. The van der Waals surface area contributed by atoms with Crippen LogP contribution in [0.3, 0.4) is 0 Å². The first-order valence-corrected chi connectivity index (χ1v) is 9.78. The Labute approximate surface area is 150 Å². The van der Waals surface area contributed by atoms with E-state index in [1.807, 2.05) is 17.7 Å². The zero-order chi connectivity index (χ0) is 17.6. The van der Waals surface area contributed by atoms with Crippen LogP contribution in [0.15, 0.2) is 57.4 Å². The summed E-state index contributed by atoms with van der Waals surface area (Å²) < 4.78 is 26.9. The number of hydrogen-bond acceptors (Lipinski definition) is 5. The summed E-state index contributed by atoms with van der Waals surface area (Å²) in [6.07, 6.45) is 3.40. The van der Waals surface area contributed by atoms with E-state index in [-0.39, 0.29) is 4.90 Å². The van der Waals surface area contributed by atoms with E-state index in [9.17, 15) is 13.2 Å². The number of amides is 2. The minimum atomic E-state index is -4.03. The van der Waals surface area contributed by atoms with Crippen LogP contribution in [0.2, 0.25) is 5.02 Å². The van der Waals surface area contributed by atoms with Crippen molar-refractivity contribution in [2.45, 2.75) is 28.0 Å². The van der Waals surface area contributed by atoms with Crippen molar-refractivity contribution in [3.05, 3.63) is 47.7 Å². The van der Waals surface area contributed by atoms with Crippen LogP contribution in [0.5, 0.6) is 0 Å². The molecule has 1 aromatic heterocycles. The second-order valence-corrected chi connectivity index (χ2v) is 7.95. The maximum absolute atomic E-state index is 12.4. The second-order valence-electron chi connectivity index (χ2n) is 4.74. The molecule has 2 N–H and O–H groups in total. The standard InChI is InChI=1S/C15H16ClN3O3S2/c1-2-7-18-15(20)19-24(21,22)14-10-17-8-6-13(14)23-12-5-3-4-11(16)9-12/h3-6,8-10H,2,7H2,1H3,(H2,18,19,20). The molecule has 0 spiro atoms. The number of halogens is 1. The van der Waals surface area contributed by atoms with Crippen molar-refractivity contribution < 1.29 is 13.2 Å². The predicted octanol–water partition coefficient (Wildman–Crippen LogP) is 3.28. The Morgan fingerprint density at radius 1 is 1.33 bits per heavy atom. The minimum Gasteiger partial charge on any atom is -0.337 e. The van der Waals surface area contributed by atoms with Crippen LogP contribution >= 0.6 is 23.4 Å². The summed E-state index contributed by atoms with van der Waals surface area (Å²) in [5.74, 6) is 0. The van der Waals surface area contributed by atoms with E-state index in [4.69, 9.17) is 11.6 Å². The Kier molecular flexibility index (Phi) is 6.47. The predicted molar refractivity (Wildman–Crippen MR) is 93.8 cm³/mol. The highest BCUT2D eigenvalue weighted by atomic mass is 35.5. The molecule has 2 rings (SSSR count). The second kappa shape index (κ2) is 8.36. The molecule has 0 unspecified atom stereocenters. The van der Waals surface area contributed by atoms with E-state index in [0.29, 0.717) is 22.9 Å². The first-order chi connectivity index (χ1) is 11.4. The van der Waals surface area contributed by atoms with Crippen LogP contribution in [-0.2, 0) is 10.0 Å². The SMILES string of the molecule is CCCNC(=O)NS(=O)(=O)c1cnccc1Sc1cccc(Cl)c1. The maximum Gasteiger partial charge on any atom is 0.328 e. The smallest absolute Gasteiger partial charge is 0.328 e. The maximum atomic E-state index is 12.4. The normalized spacial score (nSPS) is 11.1. The number of rotatable bonds is 6. The molecule has 0 saturated heterocycles. The first kappa shape index (κ1) is 18.6. The van der Waals surface area contributed by atoms with Crippen LogP contribution in [-0.4, -0.2) is 26.0 Å². The lowest BCUT2D eigenvalue weighted by Gasteiger charge is -2.11. The van der Waals surface area contributed by atoms with Gasteiger partial charge < -0.3 is 5.32 Å². The fraction of sp³-hybridized carbons (Fsp3) is 0.200. The molecule has 24 heavy (non-hydrogen) atoms. The molecule has 0 bridgehead atoms. The molecule has 0 atom stereocenters. The van der Waals surface area contributed by atoms with E-state index in [0.717, 1.165) is 4.90 Å². The van der Waals surface area contributed by atoms with Crippen molar-refractivity contribution in [3.8, 4) is 0 Å². The third-order valence-electron chi connectivity index (χ3n) is 2.82. The summed E-state index contributed by atoms with van der Waals surface area (Å²) in [5.41, 5.74) is 0. The van der Waals surface area contributed by atoms with Crippen molar-refractivity contribution in [1.82, 2.24) is 15.0 Å². The van der Waals surface area contributed by atoms with E-state index < -0.39 is 16.1 Å². The van der Waals surface area contributed by atoms with Gasteiger partial charge in [-0.3, -0.25) is 4.98 Å². The number of hydrogen-bond donors (Lipinski definition) is 2. The van der Waals surface area contributed by atoms with Gasteiger partial charge in [0.2, 0.25) is 0 Å². The number of pyridine rings is 1. The number of carbonyl (C=O) groups excluding carboxylic acids is 1. The molecule has 1 heterocycles. The zero-order valence-electron chi connectivity index (χ0n) is 12.8. The van der Waals surface area contributed by atoms with Gasteiger partial charge in [-0.05, 0) is 30.7 Å². The van der Waals surface area contributed by atoms with Gasteiger partial charge in [-0.15, -0.1) is 0 Å². The molecule has 0 aliphatic heterocycles. The molecule has 6 nitrogen and oxygen atoms in total. The molecule has 0 aliphatic rings. The average molecular weight is 386 g/mol. The number of benzene rings is 1. The monoisotopic (exact) mass is 385 g/mol.